The van der Waals surface area contributed by atoms with Gasteiger partial charge in [0.2, 0.25) is 0 Å². The first kappa shape index (κ1) is 11.4. The molecule has 0 unspecified atom stereocenters. The quantitative estimate of drug-likeness (QED) is 0.847. The van der Waals surface area contributed by atoms with Gasteiger partial charge < -0.3 is 10.0 Å². The van der Waals surface area contributed by atoms with Gasteiger partial charge in [0, 0.05) is 24.7 Å². The van der Waals surface area contributed by atoms with Gasteiger partial charge in [-0.15, -0.1) is 0 Å². The van der Waals surface area contributed by atoms with Crippen molar-refractivity contribution in [1.29, 1.82) is 0 Å². The minimum atomic E-state index is -0.210. The van der Waals surface area contributed by atoms with Gasteiger partial charge in [0.05, 0.1) is 6.61 Å². The number of hydrogen-bond acceptors (Lipinski definition) is 2. The van der Waals surface area contributed by atoms with Crippen molar-refractivity contribution in [3.8, 4) is 0 Å². The summed E-state index contributed by atoms with van der Waals surface area (Å²) in [5.74, 6) is -0.210. The highest BCUT2D eigenvalue weighted by Gasteiger charge is 2.37. The first-order chi connectivity index (χ1) is 7.65. The number of anilines is 1. The molecule has 1 fully saturated rings. The van der Waals surface area contributed by atoms with Crippen molar-refractivity contribution in [2.75, 3.05) is 25.1 Å². The van der Waals surface area contributed by atoms with E-state index in [0.29, 0.717) is 0 Å². The van der Waals surface area contributed by atoms with E-state index in [4.69, 9.17) is 0 Å². The van der Waals surface area contributed by atoms with Crippen LogP contribution in [-0.2, 0) is 0 Å². The molecular formula is C13H18FNO. The van der Waals surface area contributed by atoms with E-state index >= 15 is 0 Å². The Bertz CT molecular complexity index is 340. The molecule has 0 radical (unpaired) electrons. The van der Waals surface area contributed by atoms with Crippen LogP contribution in [0.4, 0.5) is 10.1 Å². The highest BCUT2D eigenvalue weighted by molar-refractivity contribution is 5.45. The molecule has 1 aliphatic rings. The number of hydrogen-bond donors (Lipinski definition) is 1. The van der Waals surface area contributed by atoms with Crippen LogP contribution >= 0.6 is 0 Å². The summed E-state index contributed by atoms with van der Waals surface area (Å²) in [6.07, 6.45) is 3.39. The lowest BCUT2D eigenvalue weighted by molar-refractivity contribution is 0.0524. The molecule has 0 heterocycles. The fourth-order valence-corrected chi connectivity index (χ4v) is 2.33. The molecule has 0 aliphatic heterocycles. The van der Waals surface area contributed by atoms with Crippen LogP contribution < -0.4 is 4.90 Å². The second-order valence-electron chi connectivity index (χ2n) is 4.84. The van der Waals surface area contributed by atoms with Crippen molar-refractivity contribution < 1.29 is 9.50 Å². The zero-order chi connectivity index (χ0) is 11.6. The van der Waals surface area contributed by atoms with Crippen LogP contribution in [0, 0.1) is 11.2 Å². The fraction of sp³-hybridized carbons (Fsp3) is 0.538. The third-order valence-electron chi connectivity index (χ3n) is 3.59. The third kappa shape index (κ3) is 2.19. The maximum atomic E-state index is 12.8. The van der Waals surface area contributed by atoms with Gasteiger partial charge in [0.1, 0.15) is 5.82 Å². The smallest absolute Gasteiger partial charge is 0.123 e. The van der Waals surface area contributed by atoms with Crippen LogP contribution in [-0.4, -0.2) is 25.3 Å². The number of aliphatic hydroxyl groups excluding tert-OH is 1. The molecule has 16 heavy (non-hydrogen) atoms. The number of rotatable bonds is 4. The number of aliphatic hydroxyl groups is 1. The molecule has 2 rings (SSSR count). The molecule has 3 heteroatoms. The Morgan fingerprint density at radius 2 is 1.94 bits per heavy atom. The van der Waals surface area contributed by atoms with E-state index in [0.717, 1.165) is 25.1 Å². The maximum Gasteiger partial charge on any atom is 0.123 e. The van der Waals surface area contributed by atoms with Gasteiger partial charge >= 0.3 is 0 Å². The lowest BCUT2D eigenvalue weighted by Crippen LogP contribution is -2.43. The Labute approximate surface area is 95.7 Å². The van der Waals surface area contributed by atoms with E-state index < -0.39 is 0 Å². The zero-order valence-corrected chi connectivity index (χ0v) is 9.62. The zero-order valence-electron chi connectivity index (χ0n) is 9.62. The Hall–Kier alpha value is -1.09. The van der Waals surface area contributed by atoms with Crippen molar-refractivity contribution in [3.63, 3.8) is 0 Å². The lowest BCUT2D eigenvalue weighted by Gasteiger charge is -2.43. The van der Waals surface area contributed by atoms with Gasteiger partial charge in [0.25, 0.3) is 0 Å². The van der Waals surface area contributed by atoms with Crippen LogP contribution in [0.3, 0.4) is 0 Å². The molecule has 1 aromatic rings. The molecule has 1 aromatic carbocycles. The Kier molecular flexibility index (Phi) is 3.15. The standard InChI is InChI=1S/C13H18FNO/c1-15(9-13(10-16)7-2-8-13)12-5-3-11(14)4-6-12/h3-6,16H,2,7-10H2,1H3. The van der Waals surface area contributed by atoms with Gasteiger partial charge in [0.15, 0.2) is 0 Å². The van der Waals surface area contributed by atoms with E-state index in [9.17, 15) is 9.50 Å². The minimum Gasteiger partial charge on any atom is -0.396 e. The molecule has 0 amide bonds. The second-order valence-corrected chi connectivity index (χ2v) is 4.84. The molecule has 1 N–H and O–H groups in total. The monoisotopic (exact) mass is 223 g/mol. The van der Waals surface area contributed by atoms with Crippen molar-refractivity contribution in [1.82, 2.24) is 0 Å². The molecular weight excluding hydrogens is 205 g/mol. The van der Waals surface area contributed by atoms with E-state index in [1.54, 1.807) is 12.1 Å². The predicted octanol–water partition coefficient (Wildman–Crippen LogP) is 2.42. The van der Waals surface area contributed by atoms with Gasteiger partial charge in [-0.25, -0.2) is 4.39 Å². The number of halogens is 1. The lowest BCUT2D eigenvalue weighted by atomic mass is 9.69. The van der Waals surface area contributed by atoms with E-state index in [1.165, 1.54) is 18.6 Å². The number of nitrogens with zero attached hydrogens (tertiary/aromatic N) is 1. The van der Waals surface area contributed by atoms with E-state index in [-0.39, 0.29) is 17.8 Å². The highest BCUT2D eigenvalue weighted by atomic mass is 19.1. The summed E-state index contributed by atoms with van der Waals surface area (Å²) >= 11 is 0. The molecule has 0 aromatic heterocycles. The average molecular weight is 223 g/mol. The maximum absolute atomic E-state index is 12.8. The molecule has 1 saturated carbocycles. The molecule has 2 nitrogen and oxygen atoms in total. The molecule has 0 bridgehead atoms. The van der Waals surface area contributed by atoms with Gasteiger partial charge in [-0.2, -0.15) is 0 Å². The first-order valence-electron chi connectivity index (χ1n) is 5.73. The molecule has 1 aliphatic carbocycles. The molecule has 0 atom stereocenters. The van der Waals surface area contributed by atoms with E-state index in [2.05, 4.69) is 4.90 Å². The first-order valence-corrected chi connectivity index (χ1v) is 5.73. The van der Waals surface area contributed by atoms with Crippen LogP contribution in [0.25, 0.3) is 0 Å². The largest absolute Gasteiger partial charge is 0.396 e. The molecule has 88 valence electrons. The predicted molar refractivity (Wildman–Crippen MR) is 63.0 cm³/mol. The van der Waals surface area contributed by atoms with Crippen LogP contribution in [0.2, 0.25) is 0 Å². The normalized spacial score (nSPS) is 17.9. The van der Waals surface area contributed by atoms with Crippen molar-refractivity contribution >= 4 is 5.69 Å². The molecule has 0 spiro atoms. The summed E-state index contributed by atoms with van der Waals surface area (Å²) in [6.45, 7) is 1.09. The summed E-state index contributed by atoms with van der Waals surface area (Å²) in [6, 6.07) is 6.49. The second kappa shape index (κ2) is 4.42. The van der Waals surface area contributed by atoms with Crippen molar-refractivity contribution in [2.45, 2.75) is 19.3 Å². The van der Waals surface area contributed by atoms with Gasteiger partial charge in [-0.05, 0) is 37.1 Å². The SMILES string of the molecule is CN(CC1(CO)CCC1)c1ccc(F)cc1. The van der Waals surface area contributed by atoms with Crippen LogP contribution in [0.1, 0.15) is 19.3 Å². The van der Waals surface area contributed by atoms with Gasteiger partial charge in [-0.3, -0.25) is 0 Å². The topological polar surface area (TPSA) is 23.5 Å². The Morgan fingerprint density at radius 3 is 2.38 bits per heavy atom. The summed E-state index contributed by atoms with van der Waals surface area (Å²) in [5.41, 5.74) is 1.07. The summed E-state index contributed by atoms with van der Waals surface area (Å²) in [7, 11) is 1.99. The Balaban J connectivity index is 2.02. The summed E-state index contributed by atoms with van der Waals surface area (Å²) in [5, 5.41) is 9.39. The third-order valence-corrected chi connectivity index (χ3v) is 3.59. The molecule has 0 saturated heterocycles. The average Bonchev–Trinajstić information content (AvgIpc) is 2.24. The van der Waals surface area contributed by atoms with Crippen LogP contribution in [0.5, 0.6) is 0 Å². The summed E-state index contributed by atoms with van der Waals surface area (Å²) in [4.78, 5) is 2.09. The Morgan fingerprint density at radius 1 is 1.31 bits per heavy atom. The van der Waals surface area contributed by atoms with Crippen molar-refractivity contribution in [3.05, 3.63) is 30.1 Å². The minimum absolute atomic E-state index is 0.0726. The van der Waals surface area contributed by atoms with E-state index in [1.807, 2.05) is 7.05 Å². The van der Waals surface area contributed by atoms with Crippen molar-refractivity contribution in [2.24, 2.45) is 5.41 Å². The summed E-state index contributed by atoms with van der Waals surface area (Å²) < 4.78 is 12.8. The number of benzene rings is 1. The fourth-order valence-electron chi connectivity index (χ4n) is 2.33. The van der Waals surface area contributed by atoms with Crippen LogP contribution in [0.15, 0.2) is 24.3 Å². The van der Waals surface area contributed by atoms with Gasteiger partial charge in [-0.1, -0.05) is 6.42 Å². The highest BCUT2D eigenvalue weighted by Crippen LogP contribution is 2.41.